The van der Waals surface area contributed by atoms with Crippen molar-refractivity contribution in [1.82, 2.24) is 5.32 Å². The number of rotatable bonds is 11. The molecule has 4 aromatic carbocycles. The SMILES string of the molecule is C.CCOc1cc(-c2cc(C)c(OCCN[C@@H](C)[C@H](O)c3ccc4cc3NS(=O)(=O)c3cccc(c3)CO4)c(C)c2)ccc1C(=O)OC. The van der Waals surface area contributed by atoms with Gasteiger partial charge in [-0.05, 0) is 98.0 Å². The predicted octanol–water partition coefficient (Wildman–Crippen LogP) is 6.58. The van der Waals surface area contributed by atoms with Crippen LogP contribution in [-0.4, -0.2) is 52.4 Å². The van der Waals surface area contributed by atoms with Crippen molar-refractivity contribution >= 4 is 21.7 Å². The fourth-order valence-corrected chi connectivity index (χ4v) is 6.71. The monoisotopic (exact) mass is 676 g/mol. The summed E-state index contributed by atoms with van der Waals surface area (Å²) in [5.74, 6) is 1.26. The fourth-order valence-electron chi connectivity index (χ4n) is 5.56. The van der Waals surface area contributed by atoms with E-state index in [4.69, 9.17) is 18.9 Å². The third-order valence-electron chi connectivity index (χ3n) is 7.97. The van der Waals surface area contributed by atoms with E-state index >= 15 is 0 Å². The van der Waals surface area contributed by atoms with Crippen LogP contribution >= 0.6 is 0 Å². The Morgan fingerprint density at radius 2 is 1.75 bits per heavy atom. The molecular weight excluding hydrogens is 632 g/mol. The number of nitrogens with one attached hydrogen (secondary N) is 2. The summed E-state index contributed by atoms with van der Waals surface area (Å²) in [7, 11) is -2.53. The second kappa shape index (κ2) is 15.5. The van der Waals surface area contributed by atoms with Crippen LogP contribution in [0.2, 0.25) is 0 Å². The van der Waals surface area contributed by atoms with Crippen LogP contribution in [0.5, 0.6) is 17.2 Å². The van der Waals surface area contributed by atoms with E-state index in [2.05, 4.69) is 10.0 Å². The Labute approximate surface area is 283 Å². The number of aryl methyl sites for hydroxylation is 2. The number of sulfonamides is 1. The number of ether oxygens (including phenoxy) is 4. The maximum atomic E-state index is 13.1. The van der Waals surface area contributed by atoms with Crippen LogP contribution < -0.4 is 24.2 Å². The molecule has 0 amide bonds. The van der Waals surface area contributed by atoms with E-state index in [1.807, 2.05) is 58.0 Å². The normalized spacial score (nSPS) is 14.3. The van der Waals surface area contributed by atoms with Gasteiger partial charge in [-0.15, -0.1) is 0 Å². The molecule has 0 saturated heterocycles. The van der Waals surface area contributed by atoms with Gasteiger partial charge < -0.3 is 29.4 Å². The summed E-state index contributed by atoms with van der Waals surface area (Å²) in [5.41, 5.74) is 5.54. The average molecular weight is 677 g/mol. The Kier molecular flexibility index (Phi) is 11.7. The van der Waals surface area contributed by atoms with Crippen molar-refractivity contribution in [2.75, 3.05) is 31.6 Å². The lowest BCUT2D eigenvalue weighted by atomic mass is 9.98. The van der Waals surface area contributed by atoms with Crippen molar-refractivity contribution in [2.45, 2.75) is 58.8 Å². The van der Waals surface area contributed by atoms with Crippen LogP contribution in [0, 0.1) is 13.8 Å². The predicted molar refractivity (Wildman–Crippen MR) is 187 cm³/mol. The first-order valence-electron chi connectivity index (χ1n) is 15.4. The summed E-state index contributed by atoms with van der Waals surface area (Å²) < 4.78 is 51.5. The first kappa shape index (κ1) is 36.3. The van der Waals surface area contributed by atoms with Gasteiger partial charge in [-0.3, -0.25) is 4.72 Å². The molecule has 10 nitrogen and oxygen atoms in total. The second-order valence-corrected chi connectivity index (χ2v) is 13.1. The van der Waals surface area contributed by atoms with Gasteiger partial charge in [-0.1, -0.05) is 31.7 Å². The standard InChI is InChI=1S/C36H40N2O8S.CH4/c1-6-44-33-19-26(10-12-31(33)36(40)43-5)27-16-22(2)35(23(3)17-27)45-15-14-37-24(4)34(39)30-13-11-28-20-32(30)38-47(41,42)29-9-7-8-25(18-29)21-46-28;/h7-13,16-20,24,34,37-39H,6,14-15,21H2,1-5H3;1H4/t24-,34-;/m0./s1. The molecule has 1 aliphatic rings. The molecule has 4 bridgehead atoms. The van der Waals surface area contributed by atoms with Crippen LogP contribution in [0.25, 0.3) is 11.1 Å². The first-order chi connectivity index (χ1) is 22.5. The Morgan fingerprint density at radius 1 is 1.00 bits per heavy atom. The molecule has 0 spiro atoms. The second-order valence-electron chi connectivity index (χ2n) is 11.4. The lowest BCUT2D eigenvalue weighted by Gasteiger charge is -2.24. The fraction of sp³-hybridized carbons (Fsp3) is 0.324. The number of methoxy groups -OCH3 is 1. The summed E-state index contributed by atoms with van der Waals surface area (Å²) in [5, 5.41) is 14.5. The topological polar surface area (TPSA) is 132 Å². The van der Waals surface area contributed by atoms with Gasteiger partial charge >= 0.3 is 5.97 Å². The maximum absolute atomic E-state index is 13.1. The number of aliphatic hydroxyl groups excluding tert-OH is 1. The zero-order chi connectivity index (χ0) is 33.7. The molecular formula is C37H44N2O8S. The zero-order valence-corrected chi connectivity index (χ0v) is 27.9. The summed E-state index contributed by atoms with van der Waals surface area (Å²) in [6.45, 7) is 9.05. The highest BCUT2D eigenvalue weighted by Crippen LogP contribution is 2.34. The molecule has 256 valence electrons. The molecule has 3 N–H and O–H groups in total. The summed E-state index contributed by atoms with van der Waals surface area (Å²) in [6.07, 6.45) is -1.02. The molecule has 4 aromatic rings. The molecule has 0 aromatic heterocycles. The van der Waals surface area contributed by atoms with Crippen molar-refractivity contribution in [3.8, 4) is 28.4 Å². The van der Waals surface area contributed by atoms with Crippen molar-refractivity contribution in [2.24, 2.45) is 0 Å². The molecule has 0 unspecified atom stereocenters. The van der Waals surface area contributed by atoms with E-state index in [-0.39, 0.29) is 24.6 Å². The molecule has 0 saturated carbocycles. The van der Waals surface area contributed by atoms with Crippen molar-refractivity contribution in [3.05, 3.63) is 101 Å². The van der Waals surface area contributed by atoms with Gasteiger partial charge in [-0.2, -0.15) is 0 Å². The van der Waals surface area contributed by atoms with E-state index in [0.717, 1.165) is 33.6 Å². The minimum absolute atomic E-state index is 0. The Bertz CT molecular complexity index is 1850. The van der Waals surface area contributed by atoms with Crippen molar-refractivity contribution in [1.29, 1.82) is 0 Å². The number of hydrogen-bond acceptors (Lipinski definition) is 9. The number of benzene rings is 4. The number of hydrogen-bond donors (Lipinski definition) is 3. The van der Waals surface area contributed by atoms with Crippen molar-refractivity contribution in [3.63, 3.8) is 0 Å². The Hall–Kier alpha value is -4.58. The Morgan fingerprint density at radius 3 is 2.46 bits per heavy atom. The number of carbonyl (C=O) groups excluding carboxylic acids is 1. The summed E-state index contributed by atoms with van der Waals surface area (Å²) in [4.78, 5) is 12.3. The number of fused-ring (bicyclic) bond motifs is 4. The minimum Gasteiger partial charge on any atom is -0.493 e. The Balaban J connectivity index is 0.00000520. The molecule has 0 fully saturated rings. The van der Waals surface area contributed by atoms with E-state index in [9.17, 15) is 18.3 Å². The van der Waals surface area contributed by atoms with Gasteiger partial charge in [0.05, 0.1) is 30.4 Å². The van der Waals surface area contributed by atoms with Crippen LogP contribution in [0.15, 0.2) is 77.7 Å². The van der Waals surface area contributed by atoms with E-state index in [1.165, 1.54) is 13.2 Å². The minimum atomic E-state index is -3.87. The van der Waals surface area contributed by atoms with E-state index in [1.54, 1.807) is 36.4 Å². The van der Waals surface area contributed by atoms with E-state index < -0.39 is 28.1 Å². The zero-order valence-electron chi connectivity index (χ0n) is 27.1. The number of aliphatic hydroxyl groups is 1. The highest BCUT2D eigenvalue weighted by Gasteiger charge is 2.24. The van der Waals surface area contributed by atoms with Crippen LogP contribution in [0.1, 0.15) is 60.0 Å². The lowest BCUT2D eigenvalue weighted by Crippen LogP contribution is -2.35. The van der Waals surface area contributed by atoms with Crippen LogP contribution in [0.3, 0.4) is 0 Å². The third-order valence-corrected chi connectivity index (χ3v) is 9.33. The number of anilines is 1. The van der Waals surface area contributed by atoms with Gasteiger partial charge in [-0.25, -0.2) is 13.2 Å². The third kappa shape index (κ3) is 8.10. The molecule has 5 rings (SSSR count). The molecule has 0 radical (unpaired) electrons. The number of esters is 1. The summed E-state index contributed by atoms with van der Waals surface area (Å²) >= 11 is 0. The molecule has 48 heavy (non-hydrogen) atoms. The smallest absolute Gasteiger partial charge is 0.341 e. The quantitative estimate of drug-likeness (QED) is 0.119. The highest BCUT2D eigenvalue weighted by atomic mass is 32.2. The summed E-state index contributed by atoms with van der Waals surface area (Å²) in [6, 6.07) is 20.6. The van der Waals surface area contributed by atoms with Gasteiger partial charge in [0.1, 0.15) is 36.0 Å². The van der Waals surface area contributed by atoms with Gasteiger partial charge in [0.2, 0.25) is 0 Å². The van der Waals surface area contributed by atoms with E-state index in [0.29, 0.717) is 42.4 Å². The van der Waals surface area contributed by atoms with Crippen LogP contribution in [0.4, 0.5) is 5.69 Å². The van der Waals surface area contributed by atoms with Gasteiger partial charge in [0.25, 0.3) is 10.0 Å². The molecule has 0 aliphatic carbocycles. The molecule has 11 heteroatoms. The van der Waals surface area contributed by atoms with Crippen LogP contribution in [-0.2, 0) is 21.4 Å². The number of carbonyl (C=O) groups is 1. The van der Waals surface area contributed by atoms with Gasteiger partial charge in [0.15, 0.2) is 0 Å². The largest absolute Gasteiger partial charge is 0.493 e. The molecule has 1 heterocycles. The first-order valence-corrected chi connectivity index (χ1v) is 16.9. The lowest BCUT2D eigenvalue weighted by molar-refractivity contribution is 0.0596. The highest BCUT2D eigenvalue weighted by molar-refractivity contribution is 7.92. The molecule has 1 aliphatic heterocycles. The average Bonchev–Trinajstić information content (AvgIpc) is 3.05. The van der Waals surface area contributed by atoms with Gasteiger partial charge in [0, 0.05) is 24.2 Å². The maximum Gasteiger partial charge on any atom is 0.341 e. The molecule has 2 atom stereocenters. The van der Waals surface area contributed by atoms with Crippen molar-refractivity contribution < 1.29 is 37.3 Å².